The zero-order valence-corrected chi connectivity index (χ0v) is 18.7. The van der Waals surface area contributed by atoms with E-state index in [1.165, 1.54) is 11.0 Å². The molecule has 2 rings (SSSR count). The Bertz CT molecular complexity index is 982. The zero-order chi connectivity index (χ0) is 21.0. The number of nitrogens with zero attached hydrogens (tertiary/aromatic N) is 3. The van der Waals surface area contributed by atoms with E-state index in [4.69, 9.17) is 28.9 Å². The van der Waals surface area contributed by atoms with Crippen molar-refractivity contribution in [1.29, 1.82) is 0 Å². The van der Waals surface area contributed by atoms with Gasteiger partial charge in [-0.2, -0.15) is 0 Å². The second-order valence-corrected chi connectivity index (χ2v) is 7.50. The molecule has 0 radical (unpaired) electrons. The minimum atomic E-state index is -0.396. The lowest BCUT2D eigenvalue weighted by Gasteiger charge is -2.14. The second kappa shape index (κ2) is 9.51. The van der Waals surface area contributed by atoms with Gasteiger partial charge in [-0.1, -0.05) is 42.1 Å². The van der Waals surface area contributed by atoms with Crippen LogP contribution >= 0.6 is 51.9 Å². The number of aliphatic imine (C=N–C) groups is 2. The first-order chi connectivity index (χ1) is 13.2. The van der Waals surface area contributed by atoms with Gasteiger partial charge in [0.2, 0.25) is 0 Å². The maximum Gasteiger partial charge on any atom is 0.258 e. The fourth-order valence-electron chi connectivity index (χ4n) is 2.09. The highest BCUT2D eigenvalue weighted by molar-refractivity contribution is 9.10. The van der Waals surface area contributed by atoms with Crippen LogP contribution < -0.4 is 10.5 Å². The van der Waals surface area contributed by atoms with Crippen LogP contribution in [-0.4, -0.2) is 41.7 Å². The smallest absolute Gasteiger partial charge is 0.258 e. The number of nitrogens with one attached hydrogen (secondary N) is 1. The SMILES string of the molecule is CN(C)C(=O)c1c(Br)ccc(N=C(N)C(=Nc2cccc(Cl)c2Cl)NS)c1O. The highest BCUT2D eigenvalue weighted by atomic mass is 79.9. The van der Waals surface area contributed by atoms with Gasteiger partial charge >= 0.3 is 0 Å². The average Bonchev–Trinajstić information content (AvgIpc) is 2.65. The van der Waals surface area contributed by atoms with Crippen molar-refractivity contribution in [2.45, 2.75) is 0 Å². The number of amides is 1. The number of benzene rings is 2. The van der Waals surface area contributed by atoms with E-state index in [0.717, 1.165) is 0 Å². The molecule has 0 fully saturated rings. The van der Waals surface area contributed by atoms with Gasteiger partial charge in [0.05, 0.1) is 21.3 Å². The van der Waals surface area contributed by atoms with Crippen LogP contribution in [0, 0.1) is 0 Å². The molecule has 4 N–H and O–H groups in total. The predicted octanol–water partition coefficient (Wildman–Crippen LogP) is 4.32. The molecule has 0 spiro atoms. The number of halogens is 3. The number of thiol groups is 1. The third kappa shape index (κ3) is 4.91. The summed E-state index contributed by atoms with van der Waals surface area (Å²) < 4.78 is 2.95. The Morgan fingerprint density at radius 1 is 1.21 bits per heavy atom. The van der Waals surface area contributed by atoms with Crippen LogP contribution in [0.3, 0.4) is 0 Å². The lowest BCUT2D eigenvalue weighted by atomic mass is 10.1. The summed E-state index contributed by atoms with van der Waals surface area (Å²) in [5.41, 5.74) is 6.50. The molecule has 11 heteroatoms. The van der Waals surface area contributed by atoms with Crippen molar-refractivity contribution in [3.63, 3.8) is 0 Å². The molecule has 0 aliphatic rings. The molecule has 0 aliphatic carbocycles. The molecular weight excluding hydrogens is 489 g/mol. The first-order valence-electron chi connectivity index (χ1n) is 7.67. The third-order valence-electron chi connectivity index (χ3n) is 3.48. The molecule has 0 saturated carbocycles. The minimum absolute atomic E-state index is 0.0641. The highest BCUT2D eigenvalue weighted by Gasteiger charge is 2.20. The Kier molecular flexibility index (Phi) is 7.59. The van der Waals surface area contributed by atoms with Crippen molar-refractivity contribution in [3.05, 3.63) is 50.4 Å². The van der Waals surface area contributed by atoms with Crippen molar-refractivity contribution in [2.24, 2.45) is 15.7 Å². The number of aromatic hydroxyl groups is 1. The number of hydrogen-bond donors (Lipinski definition) is 4. The van der Waals surface area contributed by atoms with Crippen molar-refractivity contribution < 1.29 is 9.90 Å². The van der Waals surface area contributed by atoms with Crippen molar-refractivity contribution in [1.82, 2.24) is 9.62 Å². The average molecular weight is 505 g/mol. The van der Waals surface area contributed by atoms with Crippen molar-refractivity contribution in [2.75, 3.05) is 14.1 Å². The number of rotatable bonds is 3. The van der Waals surface area contributed by atoms with Gasteiger partial charge in [-0.25, -0.2) is 9.98 Å². The van der Waals surface area contributed by atoms with E-state index in [-0.39, 0.29) is 33.7 Å². The third-order valence-corrected chi connectivity index (χ3v) is 5.16. The van der Waals surface area contributed by atoms with E-state index in [2.05, 4.69) is 43.5 Å². The predicted molar refractivity (Wildman–Crippen MR) is 121 cm³/mol. The maximum absolute atomic E-state index is 12.3. The number of carbonyl (C=O) groups is 1. The maximum atomic E-state index is 12.3. The van der Waals surface area contributed by atoms with Crippen LogP contribution in [-0.2, 0) is 0 Å². The Morgan fingerprint density at radius 3 is 2.50 bits per heavy atom. The lowest BCUT2D eigenvalue weighted by Crippen LogP contribution is -2.31. The number of nitrogens with two attached hydrogens (primary N) is 1. The molecule has 0 aliphatic heterocycles. The van der Waals surface area contributed by atoms with E-state index < -0.39 is 5.91 Å². The summed E-state index contributed by atoms with van der Waals surface area (Å²) in [6, 6.07) is 8.02. The number of carbonyl (C=O) groups excluding carboxylic acids is 1. The summed E-state index contributed by atoms with van der Waals surface area (Å²) in [4.78, 5) is 22.1. The van der Waals surface area contributed by atoms with Crippen molar-refractivity contribution in [3.8, 4) is 5.75 Å². The van der Waals surface area contributed by atoms with Gasteiger partial charge in [-0.3, -0.25) is 4.79 Å². The fourth-order valence-corrected chi connectivity index (χ4v) is 3.09. The first kappa shape index (κ1) is 22.4. The van der Waals surface area contributed by atoms with Gasteiger partial charge in [0.1, 0.15) is 5.69 Å². The molecule has 7 nitrogen and oxygen atoms in total. The van der Waals surface area contributed by atoms with Gasteiger partial charge in [0.15, 0.2) is 17.4 Å². The van der Waals surface area contributed by atoms with Gasteiger partial charge in [0, 0.05) is 18.6 Å². The van der Waals surface area contributed by atoms with Gasteiger partial charge < -0.3 is 20.5 Å². The highest BCUT2D eigenvalue weighted by Crippen LogP contribution is 2.36. The molecule has 1 amide bonds. The summed E-state index contributed by atoms with van der Waals surface area (Å²) in [5.74, 6) is -0.732. The van der Waals surface area contributed by atoms with E-state index in [1.54, 1.807) is 38.4 Å². The summed E-state index contributed by atoms with van der Waals surface area (Å²) in [5, 5.41) is 11.1. The van der Waals surface area contributed by atoms with Crippen LogP contribution in [0.4, 0.5) is 11.4 Å². The van der Waals surface area contributed by atoms with Gasteiger partial charge in [-0.05, 0) is 40.2 Å². The van der Waals surface area contributed by atoms with Crippen LogP contribution in [0.25, 0.3) is 0 Å². The molecule has 0 bridgehead atoms. The zero-order valence-electron chi connectivity index (χ0n) is 14.7. The quantitative estimate of drug-likeness (QED) is 0.284. The molecule has 2 aromatic carbocycles. The molecule has 0 heterocycles. The minimum Gasteiger partial charge on any atom is -0.505 e. The van der Waals surface area contributed by atoms with Crippen LogP contribution in [0.2, 0.25) is 10.0 Å². The summed E-state index contributed by atoms with van der Waals surface area (Å²) >= 11 is 19.4. The topological polar surface area (TPSA) is 103 Å². The summed E-state index contributed by atoms with van der Waals surface area (Å²) in [6.07, 6.45) is 0. The number of amidine groups is 2. The van der Waals surface area contributed by atoms with Crippen LogP contribution in [0.5, 0.6) is 5.75 Å². The Balaban J connectivity index is 2.51. The van der Waals surface area contributed by atoms with Gasteiger partial charge in [0.25, 0.3) is 5.91 Å². The lowest BCUT2D eigenvalue weighted by molar-refractivity contribution is 0.0824. The molecule has 2 aromatic rings. The monoisotopic (exact) mass is 503 g/mol. The molecule has 148 valence electrons. The van der Waals surface area contributed by atoms with Crippen LogP contribution in [0.1, 0.15) is 10.4 Å². The first-order valence-corrected chi connectivity index (χ1v) is 9.67. The molecule has 0 saturated heterocycles. The van der Waals surface area contributed by atoms with Crippen LogP contribution in [0.15, 0.2) is 44.8 Å². The molecule has 0 atom stereocenters. The second-order valence-electron chi connectivity index (χ2n) is 5.63. The number of phenols is 1. The largest absolute Gasteiger partial charge is 0.505 e. The van der Waals surface area contributed by atoms with E-state index in [1.807, 2.05) is 0 Å². The van der Waals surface area contributed by atoms with Crippen molar-refractivity contribution >= 4 is 80.9 Å². The molecule has 0 unspecified atom stereocenters. The van der Waals surface area contributed by atoms with E-state index in [0.29, 0.717) is 15.2 Å². The Hall–Kier alpha value is -1.94. The molecule has 0 aromatic heterocycles. The standard InChI is InChI=1S/C17H16BrCl2N5O2S/c1-25(2)17(27)12-8(18)6-7-11(14(12)26)22-15(21)16(24-28)23-10-5-3-4-9(19)13(10)20/h3-7,26,28H,1-2H3,(H2,21,22)(H,23,24). The molecular formula is C17H16BrCl2N5O2S. The van der Waals surface area contributed by atoms with E-state index >= 15 is 0 Å². The Labute approximate surface area is 185 Å². The number of hydrogen-bond acceptors (Lipinski definition) is 5. The summed E-state index contributed by atoms with van der Waals surface area (Å²) in [6.45, 7) is 0. The fraction of sp³-hybridized carbons (Fsp3) is 0.118. The normalized spacial score (nSPS) is 12.1. The summed E-state index contributed by atoms with van der Waals surface area (Å²) in [7, 11) is 3.14. The van der Waals surface area contributed by atoms with E-state index in [9.17, 15) is 9.90 Å². The molecule has 28 heavy (non-hydrogen) atoms. The van der Waals surface area contributed by atoms with Gasteiger partial charge in [-0.15, -0.1) is 0 Å². The number of phenolic OH excluding ortho intramolecular Hbond substituents is 1. The Morgan fingerprint density at radius 2 is 1.89 bits per heavy atom.